The van der Waals surface area contributed by atoms with E-state index in [4.69, 9.17) is 4.74 Å². The van der Waals surface area contributed by atoms with Crippen LogP contribution in [0.25, 0.3) is 0 Å². The lowest BCUT2D eigenvalue weighted by Gasteiger charge is -2.15. The van der Waals surface area contributed by atoms with E-state index < -0.39 is 10.0 Å². The van der Waals surface area contributed by atoms with Gasteiger partial charge in [0.1, 0.15) is 6.61 Å². The number of nitrogens with zero attached hydrogens (tertiary/aromatic N) is 1. The number of rotatable bonds is 6. The fraction of sp³-hybridized carbons (Fsp3) is 0.500. The summed E-state index contributed by atoms with van der Waals surface area (Å²) in [5.74, 6) is -0.319. The highest BCUT2D eigenvalue weighted by atomic mass is 32.2. The van der Waals surface area contributed by atoms with Gasteiger partial charge in [0.25, 0.3) is 0 Å². The van der Waals surface area contributed by atoms with Gasteiger partial charge in [-0.05, 0) is 38.5 Å². The van der Waals surface area contributed by atoms with E-state index >= 15 is 0 Å². The molecular formula is C14H22N2O4S. The summed E-state index contributed by atoms with van der Waals surface area (Å²) in [4.78, 5) is 11.9. The SMILES string of the molecule is Cc1ccc(NC(=O)COC(C)C)cc1S(=O)(=O)N(C)C. The van der Waals surface area contributed by atoms with Gasteiger partial charge >= 0.3 is 0 Å². The first-order valence-corrected chi connectivity index (χ1v) is 8.03. The lowest BCUT2D eigenvalue weighted by molar-refractivity contribution is -0.121. The standard InChI is InChI=1S/C14H22N2O4S/c1-10(2)20-9-14(17)15-12-7-6-11(3)13(8-12)21(18,19)16(4)5/h6-8,10H,9H2,1-5H3,(H,15,17). The topological polar surface area (TPSA) is 75.7 Å². The van der Waals surface area contributed by atoms with Crippen molar-refractivity contribution in [2.45, 2.75) is 31.8 Å². The molecular weight excluding hydrogens is 292 g/mol. The molecule has 1 N–H and O–H groups in total. The molecule has 1 aromatic carbocycles. The lowest BCUT2D eigenvalue weighted by atomic mass is 10.2. The molecule has 1 rings (SSSR count). The fourth-order valence-electron chi connectivity index (χ4n) is 1.59. The molecule has 118 valence electrons. The fourth-order valence-corrected chi connectivity index (χ4v) is 2.74. The number of anilines is 1. The molecule has 0 aliphatic rings. The molecule has 0 saturated heterocycles. The zero-order valence-corrected chi connectivity index (χ0v) is 13.8. The Bertz CT molecular complexity index is 609. The van der Waals surface area contributed by atoms with Crippen LogP contribution in [-0.4, -0.2) is 45.4 Å². The molecule has 0 radical (unpaired) electrons. The van der Waals surface area contributed by atoms with Crippen LogP contribution in [0.15, 0.2) is 23.1 Å². The summed E-state index contributed by atoms with van der Waals surface area (Å²) >= 11 is 0. The van der Waals surface area contributed by atoms with Gasteiger partial charge in [-0.25, -0.2) is 12.7 Å². The third-order valence-corrected chi connectivity index (χ3v) is 4.74. The molecule has 6 nitrogen and oxygen atoms in total. The van der Waals surface area contributed by atoms with Gasteiger partial charge in [-0.1, -0.05) is 6.07 Å². The molecule has 0 unspecified atom stereocenters. The Morgan fingerprint density at radius 3 is 2.48 bits per heavy atom. The number of hydrogen-bond acceptors (Lipinski definition) is 4. The zero-order valence-electron chi connectivity index (χ0n) is 13.0. The molecule has 21 heavy (non-hydrogen) atoms. The summed E-state index contributed by atoms with van der Waals surface area (Å²) in [5, 5.41) is 2.63. The highest BCUT2D eigenvalue weighted by molar-refractivity contribution is 7.89. The number of nitrogens with one attached hydrogen (secondary N) is 1. The summed E-state index contributed by atoms with van der Waals surface area (Å²) in [6.45, 7) is 5.31. The highest BCUT2D eigenvalue weighted by Gasteiger charge is 2.20. The number of aryl methyl sites for hydroxylation is 1. The van der Waals surface area contributed by atoms with E-state index in [9.17, 15) is 13.2 Å². The minimum Gasteiger partial charge on any atom is -0.369 e. The van der Waals surface area contributed by atoms with Crippen molar-refractivity contribution in [1.29, 1.82) is 0 Å². The van der Waals surface area contributed by atoms with Gasteiger partial charge in [-0.2, -0.15) is 0 Å². The van der Waals surface area contributed by atoms with Crippen molar-refractivity contribution in [3.8, 4) is 0 Å². The molecule has 1 aromatic rings. The average molecular weight is 314 g/mol. The van der Waals surface area contributed by atoms with Crippen LogP contribution in [-0.2, 0) is 19.6 Å². The minimum absolute atomic E-state index is 0.0431. The number of ether oxygens (including phenoxy) is 1. The first-order valence-electron chi connectivity index (χ1n) is 6.59. The first-order chi connectivity index (χ1) is 9.64. The minimum atomic E-state index is -3.54. The molecule has 0 aliphatic heterocycles. The molecule has 0 aromatic heterocycles. The third kappa shape index (κ3) is 4.80. The summed E-state index contributed by atoms with van der Waals surface area (Å²) < 4.78 is 30.7. The Hall–Kier alpha value is -1.44. The van der Waals surface area contributed by atoms with Crippen molar-refractivity contribution in [1.82, 2.24) is 4.31 Å². The third-order valence-electron chi connectivity index (χ3n) is 2.78. The summed E-state index contributed by atoms with van der Waals surface area (Å²) in [7, 11) is -0.603. The van der Waals surface area contributed by atoms with E-state index in [1.807, 2.05) is 13.8 Å². The maximum atomic E-state index is 12.2. The number of sulfonamides is 1. The second kappa shape index (κ2) is 7.02. The number of carbonyl (C=O) groups excluding carboxylic acids is 1. The molecule has 0 spiro atoms. The number of benzene rings is 1. The molecule has 7 heteroatoms. The van der Waals surface area contributed by atoms with E-state index in [0.29, 0.717) is 11.3 Å². The van der Waals surface area contributed by atoms with Crippen LogP contribution < -0.4 is 5.32 Å². The molecule has 1 amide bonds. The summed E-state index contributed by atoms with van der Waals surface area (Å²) in [6, 6.07) is 4.78. The lowest BCUT2D eigenvalue weighted by Crippen LogP contribution is -2.24. The van der Waals surface area contributed by atoms with E-state index in [-0.39, 0.29) is 23.5 Å². The van der Waals surface area contributed by atoms with Crippen LogP contribution in [0.1, 0.15) is 19.4 Å². The van der Waals surface area contributed by atoms with E-state index in [2.05, 4.69) is 5.32 Å². The first kappa shape index (κ1) is 17.6. The number of hydrogen-bond donors (Lipinski definition) is 1. The Labute approximate surface area is 126 Å². The summed E-state index contributed by atoms with van der Waals surface area (Å²) in [6.07, 6.45) is -0.0431. The molecule has 0 bridgehead atoms. The second-order valence-corrected chi connectivity index (χ2v) is 7.30. The van der Waals surface area contributed by atoms with Crippen LogP contribution in [0, 0.1) is 6.92 Å². The molecule has 0 heterocycles. The second-order valence-electron chi connectivity index (χ2n) is 5.18. The van der Waals surface area contributed by atoms with Crippen LogP contribution in [0.2, 0.25) is 0 Å². The zero-order chi connectivity index (χ0) is 16.2. The quantitative estimate of drug-likeness (QED) is 0.865. The van der Waals surface area contributed by atoms with Crippen molar-refractivity contribution in [3.05, 3.63) is 23.8 Å². The Morgan fingerprint density at radius 1 is 1.33 bits per heavy atom. The smallest absolute Gasteiger partial charge is 0.250 e. The Morgan fingerprint density at radius 2 is 1.95 bits per heavy atom. The van der Waals surface area contributed by atoms with Crippen molar-refractivity contribution in [2.24, 2.45) is 0 Å². The molecule has 0 saturated carbocycles. The largest absolute Gasteiger partial charge is 0.369 e. The number of amides is 1. The van der Waals surface area contributed by atoms with Crippen LogP contribution >= 0.6 is 0 Å². The van der Waals surface area contributed by atoms with Gasteiger partial charge in [0.05, 0.1) is 11.0 Å². The Kier molecular flexibility index (Phi) is 5.88. The van der Waals surface area contributed by atoms with Crippen LogP contribution in [0.3, 0.4) is 0 Å². The normalized spacial score (nSPS) is 12.0. The van der Waals surface area contributed by atoms with Crippen LogP contribution in [0.5, 0.6) is 0 Å². The molecule has 0 fully saturated rings. The van der Waals surface area contributed by atoms with Gasteiger partial charge in [-0.15, -0.1) is 0 Å². The van der Waals surface area contributed by atoms with E-state index in [0.717, 1.165) is 4.31 Å². The van der Waals surface area contributed by atoms with Crippen molar-refractivity contribution in [3.63, 3.8) is 0 Å². The monoisotopic (exact) mass is 314 g/mol. The average Bonchev–Trinajstić information content (AvgIpc) is 2.38. The maximum Gasteiger partial charge on any atom is 0.250 e. The Balaban J connectivity index is 2.95. The van der Waals surface area contributed by atoms with Gasteiger partial charge in [0.2, 0.25) is 15.9 Å². The van der Waals surface area contributed by atoms with Gasteiger partial charge in [0, 0.05) is 19.8 Å². The predicted octanol–water partition coefficient (Wildman–Crippen LogP) is 1.61. The van der Waals surface area contributed by atoms with Crippen molar-refractivity contribution < 1.29 is 17.9 Å². The maximum absolute atomic E-state index is 12.2. The number of carbonyl (C=O) groups is 1. The highest BCUT2D eigenvalue weighted by Crippen LogP contribution is 2.22. The predicted molar refractivity (Wildman–Crippen MR) is 81.8 cm³/mol. The van der Waals surface area contributed by atoms with Gasteiger partial charge in [0.15, 0.2) is 0 Å². The van der Waals surface area contributed by atoms with Gasteiger partial charge < -0.3 is 10.1 Å². The van der Waals surface area contributed by atoms with Gasteiger partial charge in [-0.3, -0.25) is 4.79 Å². The van der Waals surface area contributed by atoms with E-state index in [1.165, 1.54) is 20.2 Å². The van der Waals surface area contributed by atoms with Crippen molar-refractivity contribution in [2.75, 3.05) is 26.0 Å². The van der Waals surface area contributed by atoms with Crippen molar-refractivity contribution >= 4 is 21.6 Å². The van der Waals surface area contributed by atoms with Crippen LogP contribution in [0.4, 0.5) is 5.69 Å². The summed E-state index contributed by atoms with van der Waals surface area (Å²) in [5.41, 5.74) is 1.05. The molecule has 0 aliphatic carbocycles. The molecule has 0 atom stereocenters. The van der Waals surface area contributed by atoms with E-state index in [1.54, 1.807) is 19.1 Å².